The molecule has 0 aromatic heterocycles. The second-order valence-electron chi connectivity index (χ2n) is 6.61. The molecule has 2 heterocycles. The van der Waals surface area contributed by atoms with Gasteiger partial charge in [0.05, 0.1) is 5.92 Å². The van der Waals surface area contributed by atoms with Crippen LogP contribution in [0.4, 0.5) is 0 Å². The van der Waals surface area contributed by atoms with Crippen molar-refractivity contribution in [2.24, 2.45) is 5.92 Å². The van der Waals surface area contributed by atoms with Crippen LogP contribution in [0.5, 0.6) is 0 Å². The Kier molecular flexibility index (Phi) is 4.96. The van der Waals surface area contributed by atoms with E-state index in [2.05, 4.69) is 11.0 Å². The summed E-state index contributed by atoms with van der Waals surface area (Å²) in [5.41, 5.74) is 1.83. The Hall–Kier alpha value is -1.88. The fourth-order valence-corrected chi connectivity index (χ4v) is 3.55. The topological polar surface area (TPSA) is 60.9 Å². The first kappa shape index (κ1) is 16.0. The monoisotopic (exact) mass is 316 g/mol. The predicted octanol–water partition coefficient (Wildman–Crippen LogP) is 2.22. The van der Waals surface area contributed by atoms with Crippen LogP contribution in [0.25, 0.3) is 0 Å². The number of carboxylic acids is 1. The fourth-order valence-electron chi connectivity index (χ4n) is 3.55. The average molecular weight is 316 g/mol. The molecular formula is C18H24N2O3. The van der Waals surface area contributed by atoms with Gasteiger partial charge in [0.2, 0.25) is 0 Å². The van der Waals surface area contributed by atoms with Gasteiger partial charge in [0.25, 0.3) is 5.91 Å². The minimum atomic E-state index is -0.801. The molecule has 2 aliphatic rings. The molecule has 0 bridgehead atoms. The number of benzene rings is 1. The minimum absolute atomic E-state index is 0.0424. The van der Waals surface area contributed by atoms with Crippen molar-refractivity contribution in [2.45, 2.75) is 32.2 Å². The van der Waals surface area contributed by atoms with Gasteiger partial charge in [0.15, 0.2) is 0 Å². The molecule has 2 saturated heterocycles. The predicted molar refractivity (Wildman–Crippen MR) is 87.2 cm³/mol. The Labute approximate surface area is 136 Å². The summed E-state index contributed by atoms with van der Waals surface area (Å²) in [6.45, 7) is 4.12. The third-order valence-corrected chi connectivity index (χ3v) is 4.84. The molecule has 1 atom stereocenters. The second-order valence-corrected chi connectivity index (χ2v) is 6.61. The van der Waals surface area contributed by atoms with E-state index < -0.39 is 11.9 Å². The first-order chi connectivity index (χ1) is 11.1. The minimum Gasteiger partial charge on any atom is -0.481 e. The van der Waals surface area contributed by atoms with Gasteiger partial charge >= 0.3 is 5.97 Å². The highest BCUT2D eigenvalue weighted by Crippen LogP contribution is 2.20. The number of rotatable bonds is 4. The summed E-state index contributed by atoms with van der Waals surface area (Å²) < 4.78 is 0. The van der Waals surface area contributed by atoms with E-state index in [1.165, 1.54) is 12.8 Å². The molecule has 1 aromatic rings. The van der Waals surface area contributed by atoms with Gasteiger partial charge in [-0.2, -0.15) is 0 Å². The number of carbonyl (C=O) groups is 2. The van der Waals surface area contributed by atoms with Gasteiger partial charge in [-0.15, -0.1) is 0 Å². The Balaban J connectivity index is 1.67. The first-order valence-corrected chi connectivity index (χ1v) is 8.47. The maximum atomic E-state index is 12.7. The van der Waals surface area contributed by atoms with Gasteiger partial charge in [0.1, 0.15) is 0 Å². The summed E-state index contributed by atoms with van der Waals surface area (Å²) in [4.78, 5) is 27.9. The molecule has 0 spiro atoms. The van der Waals surface area contributed by atoms with E-state index in [0.717, 1.165) is 31.6 Å². The largest absolute Gasteiger partial charge is 0.481 e. The van der Waals surface area contributed by atoms with E-state index >= 15 is 0 Å². The van der Waals surface area contributed by atoms with Gasteiger partial charge < -0.3 is 10.0 Å². The lowest BCUT2D eigenvalue weighted by Crippen LogP contribution is -2.42. The second kappa shape index (κ2) is 7.13. The van der Waals surface area contributed by atoms with Crippen molar-refractivity contribution in [3.05, 3.63) is 35.4 Å². The van der Waals surface area contributed by atoms with Crippen LogP contribution >= 0.6 is 0 Å². The number of likely N-dealkylation sites (tertiary alicyclic amines) is 2. The van der Waals surface area contributed by atoms with Crippen molar-refractivity contribution in [1.29, 1.82) is 0 Å². The van der Waals surface area contributed by atoms with Crippen molar-refractivity contribution in [2.75, 3.05) is 26.2 Å². The number of carboxylic acid groups (broad SMARTS) is 1. The molecule has 1 amide bonds. The van der Waals surface area contributed by atoms with Gasteiger partial charge in [0, 0.05) is 25.2 Å². The molecule has 124 valence electrons. The van der Waals surface area contributed by atoms with Gasteiger partial charge in [-0.3, -0.25) is 14.5 Å². The number of carbonyl (C=O) groups excluding carboxylic acids is 1. The van der Waals surface area contributed by atoms with E-state index in [4.69, 9.17) is 5.11 Å². The third-order valence-electron chi connectivity index (χ3n) is 4.84. The average Bonchev–Trinajstić information content (AvgIpc) is 3.07. The smallest absolute Gasteiger partial charge is 0.308 e. The Morgan fingerprint density at radius 2 is 1.91 bits per heavy atom. The molecule has 5 nitrogen and oxygen atoms in total. The Bertz CT molecular complexity index is 581. The third kappa shape index (κ3) is 3.91. The maximum absolute atomic E-state index is 12.7. The number of piperidine rings is 1. The number of amides is 1. The molecule has 1 unspecified atom stereocenters. The maximum Gasteiger partial charge on any atom is 0.308 e. The SMILES string of the molecule is O=C(O)C1CCCN(C(=O)c2cccc(CN3CCCC3)c2)C1. The molecule has 3 rings (SSSR count). The van der Waals surface area contributed by atoms with Crippen LogP contribution < -0.4 is 0 Å². The molecule has 1 aromatic carbocycles. The van der Waals surface area contributed by atoms with E-state index in [1.807, 2.05) is 18.2 Å². The van der Waals surface area contributed by atoms with Crippen molar-refractivity contribution in [3.8, 4) is 0 Å². The van der Waals surface area contributed by atoms with E-state index in [9.17, 15) is 9.59 Å². The number of hydrogen-bond acceptors (Lipinski definition) is 3. The van der Waals surface area contributed by atoms with Crippen LogP contribution in [0, 0.1) is 5.92 Å². The normalized spacial score (nSPS) is 22.3. The molecule has 0 radical (unpaired) electrons. The summed E-state index contributed by atoms with van der Waals surface area (Å²) in [6.07, 6.45) is 3.93. The molecule has 5 heteroatoms. The lowest BCUT2D eigenvalue weighted by molar-refractivity contribution is -0.143. The van der Waals surface area contributed by atoms with Crippen LogP contribution in [0.15, 0.2) is 24.3 Å². The van der Waals surface area contributed by atoms with Crippen molar-refractivity contribution >= 4 is 11.9 Å². The fraction of sp³-hybridized carbons (Fsp3) is 0.556. The number of hydrogen-bond donors (Lipinski definition) is 1. The molecule has 2 fully saturated rings. The zero-order chi connectivity index (χ0) is 16.2. The first-order valence-electron chi connectivity index (χ1n) is 8.47. The summed E-state index contributed by atoms with van der Waals surface area (Å²) in [7, 11) is 0. The number of nitrogens with zero attached hydrogens (tertiary/aromatic N) is 2. The van der Waals surface area contributed by atoms with Crippen LogP contribution in [0.1, 0.15) is 41.6 Å². The Morgan fingerprint density at radius 3 is 2.65 bits per heavy atom. The zero-order valence-corrected chi connectivity index (χ0v) is 13.4. The van der Waals surface area contributed by atoms with Crippen LogP contribution in [0.2, 0.25) is 0 Å². The molecule has 2 aliphatic heterocycles. The standard InChI is InChI=1S/C18H24N2O3/c21-17(20-10-4-7-16(13-20)18(22)23)15-6-3-5-14(11-15)12-19-8-1-2-9-19/h3,5-6,11,16H,1-2,4,7-10,12-13H2,(H,22,23). The lowest BCUT2D eigenvalue weighted by atomic mass is 9.97. The quantitative estimate of drug-likeness (QED) is 0.925. The van der Waals surface area contributed by atoms with E-state index in [1.54, 1.807) is 4.90 Å². The van der Waals surface area contributed by atoms with E-state index in [0.29, 0.717) is 25.1 Å². The van der Waals surface area contributed by atoms with Crippen molar-refractivity contribution < 1.29 is 14.7 Å². The summed E-state index contributed by atoms with van der Waals surface area (Å²) in [5, 5.41) is 9.17. The van der Waals surface area contributed by atoms with Crippen LogP contribution in [-0.4, -0.2) is 53.0 Å². The molecular weight excluding hydrogens is 292 g/mol. The highest BCUT2D eigenvalue weighted by molar-refractivity contribution is 5.94. The van der Waals surface area contributed by atoms with Gasteiger partial charge in [-0.25, -0.2) is 0 Å². The lowest BCUT2D eigenvalue weighted by Gasteiger charge is -2.31. The van der Waals surface area contributed by atoms with E-state index in [-0.39, 0.29) is 5.91 Å². The summed E-state index contributed by atoms with van der Waals surface area (Å²) in [5.74, 6) is -1.27. The highest BCUT2D eigenvalue weighted by Gasteiger charge is 2.28. The Morgan fingerprint density at radius 1 is 1.13 bits per heavy atom. The van der Waals surface area contributed by atoms with Gasteiger partial charge in [-0.05, 0) is 56.5 Å². The summed E-state index contributed by atoms with van der Waals surface area (Å²) >= 11 is 0. The molecule has 23 heavy (non-hydrogen) atoms. The summed E-state index contributed by atoms with van der Waals surface area (Å²) in [6, 6.07) is 7.79. The molecule has 0 saturated carbocycles. The molecule has 1 N–H and O–H groups in total. The number of aliphatic carboxylic acids is 1. The van der Waals surface area contributed by atoms with Gasteiger partial charge in [-0.1, -0.05) is 12.1 Å². The zero-order valence-electron chi connectivity index (χ0n) is 13.4. The van der Waals surface area contributed by atoms with Crippen LogP contribution in [-0.2, 0) is 11.3 Å². The highest BCUT2D eigenvalue weighted by atomic mass is 16.4. The van der Waals surface area contributed by atoms with Crippen molar-refractivity contribution in [3.63, 3.8) is 0 Å². The van der Waals surface area contributed by atoms with Crippen molar-refractivity contribution in [1.82, 2.24) is 9.80 Å². The van der Waals surface area contributed by atoms with Crippen LogP contribution in [0.3, 0.4) is 0 Å². The molecule has 0 aliphatic carbocycles.